The van der Waals surface area contributed by atoms with Crippen LogP contribution in [-0.2, 0) is 24.4 Å². The lowest BCUT2D eigenvalue weighted by Gasteiger charge is -2.38. The molecule has 1 aliphatic heterocycles. The van der Waals surface area contributed by atoms with Gasteiger partial charge < -0.3 is 19.4 Å². The van der Waals surface area contributed by atoms with Gasteiger partial charge in [-0.3, -0.25) is 14.6 Å². The predicted molar refractivity (Wildman–Crippen MR) is 137 cm³/mol. The molecule has 2 amide bonds. The number of oxazole rings is 1. The third-order valence-corrected chi connectivity index (χ3v) is 6.46. The lowest BCUT2D eigenvalue weighted by atomic mass is 9.87. The predicted octanol–water partition coefficient (Wildman–Crippen LogP) is 4.60. The maximum atomic E-state index is 13.6. The molecule has 0 spiro atoms. The van der Waals surface area contributed by atoms with Gasteiger partial charge in [0.2, 0.25) is 11.8 Å². The number of ether oxygens (including phenoxy) is 1. The number of nitrogens with zero attached hydrogens (tertiary/aromatic N) is 3. The van der Waals surface area contributed by atoms with Gasteiger partial charge in [-0.1, -0.05) is 31.2 Å². The van der Waals surface area contributed by atoms with Crippen LogP contribution < -0.4 is 10.1 Å². The van der Waals surface area contributed by atoms with E-state index >= 15 is 0 Å². The molecule has 2 aromatic carbocycles. The number of nitrogens with one attached hydrogen (secondary N) is 1. The summed E-state index contributed by atoms with van der Waals surface area (Å²) < 4.78 is 25.0. The zero-order valence-electron chi connectivity index (χ0n) is 20.9. The Kier molecular flexibility index (Phi) is 7.44. The van der Waals surface area contributed by atoms with Crippen molar-refractivity contribution in [3.63, 3.8) is 0 Å². The van der Waals surface area contributed by atoms with Crippen molar-refractivity contribution >= 4 is 11.8 Å². The van der Waals surface area contributed by atoms with E-state index in [9.17, 15) is 14.0 Å². The molecule has 0 radical (unpaired) electrons. The van der Waals surface area contributed by atoms with Gasteiger partial charge in [-0.15, -0.1) is 0 Å². The number of benzene rings is 2. The van der Waals surface area contributed by atoms with Crippen LogP contribution >= 0.6 is 0 Å². The molecule has 5 rings (SSSR count). The van der Waals surface area contributed by atoms with E-state index in [0.717, 1.165) is 28.8 Å². The van der Waals surface area contributed by atoms with Gasteiger partial charge in [0.25, 0.3) is 5.91 Å². The molecule has 0 aliphatic carbocycles. The molecule has 0 unspecified atom stereocenters. The number of fused-ring (bicyclic) bond motifs is 1. The third-order valence-electron chi connectivity index (χ3n) is 6.46. The van der Waals surface area contributed by atoms with Crippen LogP contribution in [0.4, 0.5) is 4.39 Å². The van der Waals surface area contributed by atoms with Gasteiger partial charge in [-0.2, -0.15) is 0 Å². The molecule has 0 bridgehead atoms. The summed E-state index contributed by atoms with van der Waals surface area (Å²) in [5.74, 6) is 0.155. The number of halogens is 1. The van der Waals surface area contributed by atoms with E-state index in [0.29, 0.717) is 18.7 Å². The Balaban J connectivity index is 1.29. The first-order valence-electron chi connectivity index (χ1n) is 12.4. The summed E-state index contributed by atoms with van der Waals surface area (Å²) in [6.07, 6.45) is 4.05. The highest BCUT2D eigenvalue weighted by atomic mass is 19.1. The van der Waals surface area contributed by atoms with Gasteiger partial charge in [-0.25, -0.2) is 9.37 Å². The summed E-state index contributed by atoms with van der Waals surface area (Å²) >= 11 is 0. The molecule has 8 nitrogen and oxygen atoms in total. The summed E-state index contributed by atoms with van der Waals surface area (Å²) in [7, 11) is 0. The Hall–Kier alpha value is -4.53. The standard InChI is InChI=1S/C29H27FN4O4/c1-2-27(35)34-14-12-19-8-11-23(15-24(19)28(34)20-6-9-21(30)10-7-20)37-18-26-33-25(17-38-26)29(36)32-16-22-5-3-4-13-31-22/h3-11,13,15,17,28H,2,12,14,16,18H2,1H3,(H,32,36)/t28-/m1/s1. The highest BCUT2D eigenvalue weighted by Crippen LogP contribution is 2.37. The molecule has 3 heterocycles. The fourth-order valence-corrected chi connectivity index (χ4v) is 4.55. The SMILES string of the molecule is CCC(=O)N1CCc2ccc(OCc3nc(C(=O)NCc4ccccn4)co3)cc2[C@H]1c1ccc(F)cc1. The lowest BCUT2D eigenvalue weighted by Crippen LogP contribution is -2.40. The molecule has 4 aromatic rings. The number of amides is 2. The summed E-state index contributed by atoms with van der Waals surface area (Å²) in [6, 6.07) is 17.1. The van der Waals surface area contributed by atoms with Gasteiger partial charge >= 0.3 is 0 Å². The first-order chi connectivity index (χ1) is 18.5. The number of pyridine rings is 1. The fraction of sp³-hybridized carbons (Fsp3) is 0.241. The van der Waals surface area contributed by atoms with Crippen molar-refractivity contribution in [3.8, 4) is 5.75 Å². The molecule has 1 aliphatic rings. The van der Waals surface area contributed by atoms with E-state index in [1.165, 1.54) is 18.4 Å². The molecule has 9 heteroatoms. The second-order valence-electron chi connectivity index (χ2n) is 8.92. The maximum Gasteiger partial charge on any atom is 0.273 e. The van der Waals surface area contributed by atoms with Crippen molar-refractivity contribution in [2.24, 2.45) is 0 Å². The van der Waals surface area contributed by atoms with Crippen molar-refractivity contribution < 1.29 is 23.1 Å². The monoisotopic (exact) mass is 514 g/mol. The fourth-order valence-electron chi connectivity index (χ4n) is 4.55. The molecule has 0 saturated carbocycles. The minimum Gasteiger partial charge on any atom is -0.484 e. The van der Waals surface area contributed by atoms with E-state index in [-0.39, 0.29) is 48.4 Å². The van der Waals surface area contributed by atoms with Gasteiger partial charge in [0.05, 0.1) is 18.3 Å². The van der Waals surface area contributed by atoms with Crippen molar-refractivity contribution in [3.05, 3.63) is 113 Å². The van der Waals surface area contributed by atoms with Gasteiger partial charge in [-0.05, 0) is 59.5 Å². The molecule has 2 aromatic heterocycles. The van der Waals surface area contributed by atoms with E-state index < -0.39 is 0 Å². The Morgan fingerprint density at radius 2 is 2.00 bits per heavy atom. The van der Waals surface area contributed by atoms with Crippen LogP contribution in [0.5, 0.6) is 5.75 Å². The summed E-state index contributed by atoms with van der Waals surface area (Å²) in [4.78, 5) is 35.4. The Morgan fingerprint density at radius 1 is 1.16 bits per heavy atom. The maximum absolute atomic E-state index is 13.6. The van der Waals surface area contributed by atoms with Crippen LogP contribution in [0.25, 0.3) is 0 Å². The number of aromatic nitrogens is 2. The molecular weight excluding hydrogens is 487 g/mol. The smallest absolute Gasteiger partial charge is 0.273 e. The topological polar surface area (TPSA) is 97.6 Å². The van der Waals surface area contributed by atoms with E-state index in [2.05, 4.69) is 15.3 Å². The average Bonchev–Trinajstić information content (AvgIpc) is 3.44. The molecule has 38 heavy (non-hydrogen) atoms. The normalized spacial score (nSPS) is 14.6. The minimum absolute atomic E-state index is 0.0190. The number of carbonyl (C=O) groups is 2. The van der Waals surface area contributed by atoms with Gasteiger partial charge in [0.15, 0.2) is 12.3 Å². The zero-order valence-corrected chi connectivity index (χ0v) is 20.9. The van der Waals surface area contributed by atoms with Gasteiger partial charge in [0, 0.05) is 19.2 Å². The molecule has 1 N–H and O–H groups in total. The Morgan fingerprint density at radius 3 is 2.76 bits per heavy atom. The Labute approximate surface area is 219 Å². The second-order valence-corrected chi connectivity index (χ2v) is 8.92. The number of carbonyl (C=O) groups excluding carboxylic acids is 2. The largest absolute Gasteiger partial charge is 0.484 e. The molecule has 0 fully saturated rings. The molecule has 194 valence electrons. The number of hydrogen-bond acceptors (Lipinski definition) is 6. The average molecular weight is 515 g/mol. The van der Waals surface area contributed by atoms with E-state index in [1.54, 1.807) is 18.3 Å². The van der Waals surface area contributed by atoms with E-state index in [4.69, 9.17) is 9.15 Å². The minimum atomic E-state index is -0.373. The molecule has 1 atom stereocenters. The third kappa shape index (κ3) is 5.56. The second kappa shape index (κ2) is 11.2. The van der Waals surface area contributed by atoms with Crippen LogP contribution in [0.2, 0.25) is 0 Å². The molecule has 0 saturated heterocycles. The van der Waals surface area contributed by atoms with Crippen molar-refractivity contribution in [2.45, 2.75) is 39.0 Å². The van der Waals surface area contributed by atoms with Crippen LogP contribution in [0, 0.1) is 5.82 Å². The number of hydrogen-bond donors (Lipinski definition) is 1. The Bertz CT molecular complexity index is 1420. The van der Waals surface area contributed by atoms with Crippen LogP contribution in [-0.4, -0.2) is 33.2 Å². The quantitative estimate of drug-likeness (QED) is 0.369. The molecular formula is C29H27FN4O4. The number of rotatable bonds is 8. The van der Waals surface area contributed by atoms with Gasteiger partial charge in [0.1, 0.15) is 17.8 Å². The summed E-state index contributed by atoms with van der Waals surface area (Å²) in [5, 5.41) is 2.76. The lowest BCUT2D eigenvalue weighted by molar-refractivity contribution is -0.132. The van der Waals surface area contributed by atoms with E-state index in [1.807, 2.05) is 48.2 Å². The van der Waals surface area contributed by atoms with Crippen molar-refractivity contribution in [1.82, 2.24) is 20.2 Å². The summed E-state index contributed by atoms with van der Waals surface area (Å²) in [6.45, 7) is 2.72. The van der Waals surface area contributed by atoms with Crippen LogP contribution in [0.15, 0.2) is 77.5 Å². The summed E-state index contributed by atoms with van der Waals surface area (Å²) in [5.41, 5.74) is 3.76. The first-order valence-corrected chi connectivity index (χ1v) is 12.4. The first kappa shape index (κ1) is 25.1. The van der Waals surface area contributed by atoms with Crippen LogP contribution in [0.1, 0.15) is 58.1 Å². The highest BCUT2D eigenvalue weighted by Gasteiger charge is 2.31. The zero-order chi connectivity index (χ0) is 26.5. The van der Waals surface area contributed by atoms with Crippen molar-refractivity contribution in [1.29, 1.82) is 0 Å². The highest BCUT2D eigenvalue weighted by molar-refractivity contribution is 5.91. The van der Waals surface area contributed by atoms with Crippen molar-refractivity contribution in [2.75, 3.05) is 6.54 Å². The van der Waals surface area contributed by atoms with Crippen LogP contribution in [0.3, 0.4) is 0 Å².